The van der Waals surface area contributed by atoms with Crippen LogP contribution in [0.4, 0.5) is 8.78 Å². The number of rotatable bonds is 5. The Kier molecular flexibility index (Phi) is 5.22. The number of benzene rings is 2. The van der Waals surface area contributed by atoms with Crippen molar-refractivity contribution in [3.8, 4) is 6.07 Å². The molecule has 0 aliphatic carbocycles. The minimum atomic E-state index is -1.17. The molecule has 1 atom stereocenters. The van der Waals surface area contributed by atoms with Crippen LogP contribution in [-0.4, -0.2) is 17.9 Å². The van der Waals surface area contributed by atoms with Gasteiger partial charge >= 0.3 is 0 Å². The molecule has 0 aliphatic heterocycles. The fraction of sp³-hybridized carbons (Fsp3) is 0.118. The van der Waals surface area contributed by atoms with Gasteiger partial charge in [0, 0.05) is 12.0 Å². The summed E-state index contributed by atoms with van der Waals surface area (Å²) in [5.41, 5.74) is 6.03. The number of halogens is 2. The number of hydrogen-bond acceptors (Lipinski definition) is 3. The summed E-state index contributed by atoms with van der Waals surface area (Å²) in [5.74, 6) is -3.83. The van der Waals surface area contributed by atoms with Crippen LogP contribution in [0, 0.1) is 23.0 Å². The number of nitriles is 1. The third kappa shape index (κ3) is 3.93. The van der Waals surface area contributed by atoms with Crippen molar-refractivity contribution in [2.24, 2.45) is 5.73 Å². The van der Waals surface area contributed by atoms with E-state index in [2.05, 4.69) is 5.32 Å². The molecule has 2 amide bonds. The zero-order valence-electron chi connectivity index (χ0n) is 12.4. The average molecular weight is 329 g/mol. The zero-order chi connectivity index (χ0) is 17.7. The Morgan fingerprint density at radius 1 is 1.17 bits per heavy atom. The summed E-state index contributed by atoms with van der Waals surface area (Å²) in [6.45, 7) is 0. The van der Waals surface area contributed by atoms with E-state index in [1.165, 1.54) is 0 Å². The van der Waals surface area contributed by atoms with Gasteiger partial charge in [0.1, 0.15) is 6.04 Å². The van der Waals surface area contributed by atoms with Crippen molar-refractivity contribution < 1.29 is 18.4 Å². The van der Waals surface area contributed by atoms with Gasteiger partial charge in [-0.05, 0) is 29.8 Å². The van der Waals surface area contributed by atoms with Crippen molar-refractivity contribution in [3.63, 3.8) is 0 Å². The Morgan fingerprint density at radius 2 is 1.88 bits per heavy atom. The lowest BCUT2D eigenvalue weighted by molar-refractivity contribution is -0.119. The molecule has 24 heavy (non-hydrogen) atoms. The van der Waals surface area contributed by atoms with E-state index < -0.39 is 29.5 Å². The zero-order valence-corrected chi connectivity index (χ0v) is 12.4. The lowest BCUT2D eigenvalue weighted by atomic mass is 10.00. The van der Waals surface area contributed by atoms with Crippen LogP contribution in [0.2, 0.25) is 0 Å². The predicted molar refractivity (Wildman–Crippen MR) is 81.7 cm³/mol. The van der Waals surface area contributed by atoms with Crippen LogP contribution in [0.1, 0.15) is 21.5 Å². The summed E-state index contributed by atoms with van der Waals surface area (Å²) in [4.78, 5) is 23.7. The molecule has 122 valence electrons. The van der Waals surface area contributed by atoms with Crippen LogP contribution in [0.5, 0.6) is 0 Å². The van der Waals surface area contributed by atoms with Crippen LogP contribution in [0.15, 0.2) is 42.5 Å². The van der Waals surface area contributed by atoms with Gasteiger partial charge in [-0.3, -0.25) is 9.59 Å². The fourth-order valence-corrected chi connectivity index (χ4v) is 2.13. The van der Waals surface area contributed by atoms with Crippen molar-refractivity contribution in [1.29, 1.82) is 5.26 Å². The molecule has 2 rings (SSSR count). The number of nitrogens with zero attached hydrogens (tertiary/aromatic N) is 1. The lowest BCUT2D eigenvalue weighted by Gasteiger charge is -2.16. The Morgan fingerprint density at radius 3 is 2.50 bits per heavy atom. The predicted octanol–water partition coefficient (Wildman–Crippen LogP) is 1.66. The molecule has 3 N–H and O–H groups in total. The standard InChI is InChI=1S/C17H13F2N3O2/c18-13-6-5-11(7-14(13)19)17(24)22-15(16(21)23)8-10-3-1-2-4-12(10)9-20/h1-7,15H,8H2,(H2,21,23)(H,22,24)/t15-/m0/s1. The second-order valence-corrected chi connectivity index (χ2v) is 5.03. The van der Waals surface area contributed by atoms with Crippen LogP contribution in [0.25, 0.3) is 0 Å². The third-order valence-electron chi connectivity index (χ3n) is 3.39. The van der Waals surface area contributed by atoms with Crippen molar-refractivity contribution in [1.82, 2.24) is 5.32 Å². The minimum Gasteiger partial charge on any atom is -0.368 e. The first-order valence-electron chi connectivity index (χ1n) is 6.95. The minimum absolute atomic E-state index is 0.00842. The van der Waals surface area contributed by atoms with E-state index in [1.807, 2.05) is 6.07 Å². The van der Waals surface area contributed by atoms with Crippen LogP contribution >= 0.6 is 0 Å². The molecule has 5 nitrogen and oxygen atoms in total. The highest BCUT2D eigenvalue weighted by Gasteiger charge is 2.21. The SMILES string of the molecule is N#Cc1ccccc1C[C@H](NC(=O)c1ccc(F)c(F)c1)C(N)=O. The van der Waals surface area contributed by atoms with E-state index in [4.69, 9.17) is 11.0 Å². The van der Waals surface area contributed by atoms with Crippen molar-refractivity contribution in [3.05, 3.63) is 70.8 Å². The van der Waals surface area contributed by atoms with Gasteiger partial charge in [0.15, 0.2) is 11.6 Å². The quantitative estimate of drug-likeness (QED) is 0.873. The normalized spacial score (nSPS) is 11.4. The number of carbonyl (C=O) groups excluding carboxylic acids is 2. The second-order valence-electron chi connectivity index (χ2n) is 5.03. The van der Waals surface area contributed by atoms with Gasteiger partial charge < -0.3 is 11.1 Å². The third-order valence-corrected chi connectivity index (χ3v) is 3.39. The molecular formula is C17H13F2N3O2. The van der Waals surface area contributed by atoms with Crippen LogP contribution in [0.3, 0.4) is 0 Å². The van der Waals surface area contributed by atoms with Gasteiger partial charge in [0.2, 0.25) is 5.91 Å². The molecule has 0 saturated carbocycles. The van der Waals surface area contributed by atoms with Crippen LogP contribution in [-0.2, 0) is 11.2 Å². The first-order valence-corrected chi connectivity index (χ1v) is 6.95. The lowest BCUT2D eigenvalue weighted by Crippen LogP contribution is -2.46. The maximum Gasteiger partial charge on any atom is 0.252 e. The molecule has 2 aromatic rings. The highest BCUT2D eigenvalue weighted by atomic mass is 19.2. The van der Waals surface area contributed by atoms with E-state index in [1.54, 1.807) is 24.3 Å². The van der Waals surface area contributed by atoms with Crippen molar-refractivity contribution in [2.75, 3.05) is 0 Å². The number of carbonyl (C=O) groups is 2. The molecule has 0 spiro atoms. The van der Waals surface area contributed by atoms with E-state index in [0.717, 1.165) is 18.2 Å². The van der Waals surface area contributed by atoms with E-state index in [9.17, 15) is 18.4 Å². The average Bonchev–Trinajstić information content (AvgIpc) is 2.56. The first-order chi connectivity index (χ1) is 11.4. The highest BCUT2D eigenvalue weighted by molar-refractivity contribution is 5.97. The summed E-state index contributed by atoms with van der Waals surface area (Å²) in [5, 5.41) is 11.4. The molecule has 0 bridgehead atoms. The first kappa shape index (κ1) is 17.1. The molecule has 7 heteroatoms. The molecule has 0 aliphatic rings. The summed E-state index contributed by atoms with van der Waals surface area (Å²) < 4.78 is 26.1. The summed E-state index contributed by atoms with van der Waals surface area (Å²) in [6.07, 6.45) is 0.00842. The maximum atomic E-state index is 13.2. The number of nitrogens with one attached hydrogen (secondary N) is 1. The molecule has 2 aromatic carbocycles. The summed E-state index contributed by atoms with van der Waals surface area (Å²) in [7, 11) is 0. The molecule has 0 heterocycles. The molecule has 0 unspecified atom stereocenters. The van der Waals surface area contributed by atoms with Crippen LogP contribution < -0.4 is 11.1 Å². The largest absolute Gasteiger partial charge is 0.368 e. The van der Waals surface area contributed by atoms with E-state index in [-0.39, 0.29) is 12.0 Å². The number of nitrogens with two attached hydrogens (primary N) is 1. The van der Waals surface area contributed by atoms with Crippen molar-refractivity contribution >= 4 is 11.8 Å². The molecule has 0 saturated heterocycles. The smallest absolute Gasteiger partial charge is 0.252 e. The Labute approximate surface area is 136 Å². The summed E-state index contributed by atoms with van der Waals surface area (Å²) >= 11 is 0. The Balaban J connectivity index is 2.19. The van der Waals surface area contributed by atoms with Gasteiger partial charge in [-0.25, -0.2) is 8.78 Å². The molecule has 0 fully saturated rings. The Hall–Kier alpha value is -3.27. The monoisotopic (exact) mass is 329 g/mol. The second kappa shape index (κ2) is 7.33. The topological polar surface area (TPSA) is 96.0 Å². The van der Waals surface area contributed by atoms with Gasteiger partial charge in [-0.1, -0.05) is 18.2 Å². The maximum absolute atomic E-state index is 13.2. The van der Waals surface area contributed by atoms with E-state index >= 15 is 0 Å². The van der Waals surface area contributed by atoms with Gasteiger partial charge in [0.05, 0.1) is 11.6 Å². The molecular weight excluding hydrogens is 316 g/mol. The summed E-state index contributed by atoms with van der Waals surface area (Å²) in [6, 6.07) is 10.1. The molecule has 0 aromatic heterocycles. The molecule has 0 radical (unpaired) electrons. The van der Waals surface area contributed by atoms with Crippen molar-refractivity contribution in [2.45, 2.75) is 12.5 Å². The van der Waals surface area contributed by atoms with Gasteiger partial charge in [0.25, 0.3) is 5.91 Å². The number of hydrogen-bond donors (Lipinski definition) is 2. The van der Waals surface area contributed by atoms with E-state index in [0.29, 0.717) is 11.1 Å². The fourth-order valence-electron chi connectivity index (χ4n) is 2.13. The highest BCUT2D eigenvalue weighted by Crippen LogP contribution is 2.12. The van der Waals surface area contributed by atoms with Gasteiger partial charge in [-0.2, -0.15) is 5.26 Å². The number of amides is 2. The van der Waals surface area contributed by atoms with Gasteiger partial charge in [-0.15, -0.1) is 0 Å². The Bertz CT molecular complexity index is 831. The number of primary amides is 1.